The molecule has 166 valence electrons. The molecule has 1 N–H and O–H groups in total. The summed E-state index contributed by atoms with van der Waals surface area (Å²) in [5, 5.41) is 2.41. The Morgan fingerprint density at radius 2 is 2.06 bits per heavy atom. The lowest BCUT2D eigenvalue weighted by molar-refractivity contribution is -0.137. The van der Waals surface area contributed by atoms with Gasteiger partial charge in [-0.25, -0.2) is 0 Å². The van der Waals surface area contributed by atoms with E-state index in [0.29, 0.717) is 28.5 Å². The van der Waals surface area contributed by atoms with E-state index in [1.807, 2.05) is 6.07 Å². The molecule has 4 rings (SSSR count). The highest BCUT2D eigenvalue weighted by molar-refractivity contribution is 7.99. The first-order valence-corrected chi connectivity index (χ1v) is 10.9. The van der Waals surface area contributed by atoms with Crippen molar-refractivity contribution in [1.82, 2.24) is 14.9 Å². The van der Waals surface area contributed by atoms with E-state index >= 15 is 0 Å². The molecular weight excluding hydrogens is 439 g/mol. The highest BCUT2D eigenvalue weighted by Gasteiger charge is 2.34. The minimum atomic E-state index is -4.52. The van der Waals surface area contributed by atoms with Gasteiger partial charge in [0.25, 0.3) is 5.91 Å². The first kappa shape index (κ1) is 22.1. The molecule has 2 aromatic heterocycles. The molecule has 0 fully saturated rings. The van der Waals surface area contributed by atoms with E-state index in [9.17, 15) is 22.8 Å². The monoisotopic (exact) mass is 459 g/mol. The van der Waals surface area contributed by atoms with Gasteiger partial charge >= 0.3 is 6.18 Å². The molecular formula is C23H20F3N3O2S. The topological polar surface area (TPSA) is 64.0 Å². The van der Waals surface area contributed by atoms with Gasteiger partial charge in [-0.15, -0.1) is 11.8 Å². The summed E-state index contributed by atoms with van der Waals surface area (Å²) in [5.74, 6) is -0.536. The third-order valence-electron chi connectivity index (χ3n) is 5.29. The van der Waals surface area contributed by atoms with Gasteiger partial charge in [-0.2, -0.15) is 13.2 Å². The third kappa shape index (κ3) is 4.04. The normalized spacial score (nSPS) is 15.5. The summed E-state index contributed by atoms with van der Waals surface area (Å²) < 4.78 is 42.1. The van der Waals surface area contributed by atoms with Crippen LogP contribution < -0.4 is 10.7 Å². The first-order valence-electron chi connectivity index (χ1n) is 10.0. The van der Waals surface area contributed by atoms with Crippen molar-refractivity contribution in [2.24, 2.45) is 0 Å². The number of halogens is 3. The number of carbonyl (C=O) groups is 1. The Hall–Kier alpha value is -3.07. The fourth-order valence-corrected chi connectivity index (χ4v) is 5.15. The van der Waals surface area contributed by atoms with Gasteiger partial charge in [0.15, 0.2) is 5.43 Å². The van der Waals surface area contributed by atoms with Crippen LogP contribution in [0.5, 0.6) is 0 Å². The minimum absolute atomic E-state index is 0.0443. The number of amides is 1. The molecule has 0 radical (unpaired) electrons. The molecule has 0 unspecified atom stereocenters. The Bertz CT molecular complexity index is 1240. The number of nitrogens with one attached hydrogen (secondary N) is 1. The molecule has 0 saturated heterocycles. The Morgan fingerprint density at radius 1 is 1.28 bits per heavy atom. The summed E-state index contributed by atoms with van der Waals surface area (Å²) in [6, 6.07) is 8.54. The van der Waals surface area contributed by atoms with E-state index in [1.54, 1.807) is 36.9 Å². The largest absolute Gasteiger partial charge is 0.416 e. The highest BCUT2D eigenvalue weighted by Crippen LogP contribution is 2.45. The van der Waals surface area contributed by atoms with E-state index in [2.05, 4.69) is 10.3 Å². The predicted molar refractivity (Wildman–Crippen MR) is 116 cm³/mol. The van der Waals surface area contributed by atoms with E-state index < -0.39 is 23.1 Å². The number of aromatic nitrogens is 2. The number of fused-ring (bicyclic) bond motifs is 3. The number of aryl methyl sites for hydroxylation is 1. The lowest BCUT2D eigenvalue weighted by Gasteiger charge is -2.20. The van der Waals surface area contributed by atoms with Gasteiger partial charge in [0.2, 0.25) is 0 Å². The summed E-state index contributed by atoms with van der Waals surface area (Å²) in [6.07, 6.45) is -0.923. The van der Waals surface area contributed by atoms with Gasteiger partial charge in [-0.1, -0.05) is 6.07 Å². The predicted octanol–water partition coefficient (Wildman–Crippen LogP) is 4.70. The lowest BCUT2D eigenvalue weighted by atomic mass is 10.0. The maximum Gasteiger partial charge on any atom is 0.416 e. The molecule has 0 bridgehead atoms. The van der Waals surface area contributed by atoms with Crippen LogP contribution in [0.25, 0.3) is 5.69 Å². The van der Waals surface area contributed by atoms with Crippen LogP contribution >= 0.6 is 11.8 Å². The van der Waals surface area contributed by atoms with Gasteiger partial charge in [-0.05, 0) is 43.7 Å². The summed E-state index contributed by atoms with van der Waals surface area (Å²) in [7, 11) is 0. The average molecular weight is 459 g/mol. The molecule has 9 heteroatoms. The zero-order valence-electron chi connectivity index (χ0n) is 17.4. The van der Waals surface area contributed by atoms with Gasteiger partial charge in [0.1, 0.15) is 5.56 Å². The second-order valence-electron chi connectivity index (χ2n) is 7.44. The van der Waals surface area contributed by atoms with Crippen LogP contribution in [0.15, 0.2) is 58.5 Å². The number of pyridine rings is 2. The van der Waals surface area contributed by atoms with E-state index in [4.69, 9.17) is 0 Å². The molecule has 1 aliphatic heterocycles. The maximum atomic E-state index is 13.5. The van der Waals surface area contributed by atoms with E-state index in [-0.39, 0.29) is 17.2 Å². The number of hydrogen-bond donors (Lipinski definition) is 1. The van der Waals surface area contributed by atoms with Crippen molar-refractivity contribution in [3.63, 3.8) is 0 Å². The minimum Gasteiger partial charge on any atom is -0.352 e. The van der Waals surface area contributed by atoms with Crippen LogP contribution in [0, 0.1) is 6.92 Å². The van der Waals surface area contributed by atoms with Gasteiger partial charge in [-0.3, -0.25) is 14.6 Å². The average Bonchev–Trinajstić information content (AvgIpc) is 2.90. The number of hydrogen-bond acceptors (Lipinski definition) is 4. The fourth-order valence-electron chi connectivity index (χ4n) is 3.90. The number of nitrogens with zero attached hydrogens (tertiary/aromatic N) is 2. The number of carbonyl (C=O) groups excluding carboxylic acids is 1. The molecule has 0 aliphatic carbocycles. The van der Waals surface area contributed by atoms with E-state index in [1.165, 1.54) is 23.9 Å². The fraction of sp³-hybridized carbons (Fsp3) is 0.261. The van der Waals surface area contributed by atoms with Crippen molar-refractivity contribution in [3.8, 4) is 5.69 Å². The maximum absolute atomic E-state index is 13.5. The Kier molecular flexibility index (Phi) is 5.85. The lowest BCUT2D eigenvalue weighted by Crippen LogP contribution is -2.32. The number of alkyl halides is 3. The summed E-state index contributed by atoms with van der Waals surface area (Å²) in [5.41, 5.74) is 0.718. The second kappa shape index (κ2) is 8.46. The summed E-state index contributed by atoms with van der Waals surface area (Å²) in [4.78, 5) is 30.5. The quantitative estimate of drug-likeness (QED) is 0.617. The highest BCUT2D eigenvalue weighted by atomic mass is 32.2. The van der Waals surface area contributed by atoms with Crippen molar-refractivity contribution in [2.45, 2.75) is 36.6 Å². The molecule has 5 nitrogen and oxygen atoms in total. The zero-order chi connectivity index (χ0) is 23.0. The van der Waals surface area contributed by atoms with Crippen molar-refractivity contribution in [2.75, 3.05) is 6.54 Å². The summed E-state index contributed by atoms with van der Waals surface area (Å²) >= 11 is 1.39. The SMILES string of the molecule is CCNC(=O)c1c2n(c(C)cc1=O)-c1cc(C(F)(F)F)ccc1S[C@H](c1cccnc1)C2. The third-order valence-corrected chi connectivity index (χ3v) is 6.62. The van der Waals surface area contributed by atoms with Crippen LogP contribution in [0.1, 0.15) is 45.0 Å². The van der Waals surface area contributed by atoms with Crippen molar-refractivity contribution < 1.29 is 18.0 Å². The molecule has 3 aromatic rings. The first-order chi connectivity index (χ1) is 15.2. The van der Waals surface area contributed by atoms with Crippen LogP contribution in [0.3, 0.4) is 0 Å². The molecule has 0 spiro atoms. The molecule has 32 heavy (non-hydrogen) atoms. The van der Waals surface area contributed by atoms with Crippen molar-refractivity contribution in [1.29, 1.82) is 0 Å². The molecule has 3 heterocycles. The molecule has 1 aromatic carbocycles. The van der Waals surface area contributed by atoms with Crippen LogP contribution in [-0.4, -0.2) is 22.0 Å². The van der Waals surface area contributed by atoms with Crippen molar-refractivity contribution >= 4 is 17.7 Å². The molecule has 1 amide bonds. The molecule has 0 saturated carbocycles. The smallest absolute Gasteiger partial charge is 0.352 e. The van der Waals surface area contributed by atoms with Crippen LogP contribution in [0.2, 0.25) is 0 Å². The van der Waals surface area contributed by atoms with Crippen LogP contribution in [-0.2, 0) is 12.6 Å². The van der Waals surface area contributed by atoms with Gasteiger partial charge in [0.05, 0.1) is 11.3 Å². The van der Waals surface area contributed by atoms with Crippen molar-refractivity contribution in [3.05, 3.63) is 87.1 Å². The number of benzene rings is 1. The molecule has 1 atom stereocenters. The van der Waals surface area contributed by atoms with Gasteiger partial charge < -0.3 is 9.88 Å². The standard InChI is InChI=1S/C23H20F3N3O2S/c1-3-28-22(31)21-17-11-20(14-5-4-8-27-12-14)32-19-7-6-15(23(24,25)26)10-16(19)29(17)13(2)9-18(21)30/h4-10,12,20H,3,11H2,1-2H3,(H,28,31)/t20-/m0/s1. The zero-order valence-corrected chi connectivity index (χ0v) is 18.2. The Morgan fingerprint density at radius 3 is 2.72 bits per heavy atom. The van der Waals surface area contributed by atoms with E-state index in [0.717, 1.165) is 17.7 Å². The Balaban J connectivity index is 2.04. The number of rotatable bonds is 3. The molecule has 1 aliphatic rings. The Labute approximate surface area is 186 Å². The summed E-state index contributed by atoms with van der Waals surface area (Å²) in [6.45, 7) is 3.72. The second-order valence-corrected chi connectivity index (χ2v) is 8.69. The number of thioether (sulfide) groups is 1. The van der Waals surface area contributed by atoms with Crippen LogP contribution in [0.4, 0.5) is 13.2 Å². The van der Waals surface area contributed by atoms with Gasteiger partial charge in [0, 0.05) is 53.0 Å².